The first-order valence-electron chi connectivity index (χ1n) is 4.62. The Morgan fingerprint density at radius 1 is 1.25 bits per heavy atom. The molecule has 0 saturated carbocycles. The van der Waals surface area contributed by atoms with Crippen molar-refractivity contribution in [2.45, 2.75) is 18.4 Å². The molecular weight excluding hydrogens is 225 g/mol. The molecule has 1 unspecified atom stereocenters. The van der Waals surface area contributed by atoms with Crippen LogP contribution in [0.3, 0.4) is 0 Å². The second-order valence-electron chi connectivity index (χ2n) is 3.40. The summed E-state index contributed by atoms with van der Waals surface area (Å²) in [6.45, 7) is -0.322. The molecule has 0 aliphatic carbocycles. The van der Waals surface area contributed by atoms with Crippen LogP contribution in [0, 0.1) is 0 Å². The molecule has 1 aromatic carbocycles. The molecule has 1 heterocycles. The highest BCUT2D eigenvalue weighted by Gasteiger charge is 2.46. The van der Waals surface area contributed by atoms with Crippen LogP contribution in [0.25, 0.3) is 0 Å². The molecule has 88 valence electrons. The molecule has 1 aliphatic rings. The summed E-state index contributed by atoms with van der Waals surface area (Å²) in [7, 11) is 0. The van der Waals surface area contributed by atoms with E-state index in [4.69, 9.17) is 14.6 Å². The number of aliphatic hydroxyl groups is 1. The molecule has 1 aliphatic heterocycles. The Balaban J connectivity index is 2.14. The lowest BCUT2D eigenvalue weighted by Crippen LogP contribution is -2.47. The van der Waals surface area contributed by atoms with Gasteiger partial charge in [-0.2, -0.15) is 13.2 Å². The van der Waals surface area contributed by atoms with Crippen molar-refractivity contribution in [3.8, 4) is 11.5 Å². The SMILES string of the molecule is O[C@@H](C1COc2ccccc2O1)C(F)(F)F. The Hall–Kier alpha value is -1.43. The number of fused-ring (bicyclic) bond motifs is 1. The van der Waals surface area contributed by atoms with Crippen molar-refractivity contribution in [2.75, 3.05) is 6.61 Å². The van der Waals surface area contributed by atoms with Crippen molar-refractivity contribution in [2.24, 2.45) is 0 Å². The zero-order chi connectivity index (χ0) is 11.8. The molecule has 2 rings (SSSR count). The average Bonchev–Trinajstić information content (AvgIpc) is 2.26. The van der Waals surface area contributed by atoms with Crippen LogP contribution in [0.2, 0.25) is 0 Å². The minimum absolute atomic E-state index is 0.210. The summed E-state index contributed by atoms with van der Waals surface area (Å²) in [4.78, 5) is 0. The van der Waals surface area contributed by atoms with Crippen molar-refractivity contribution >= 4 is 0 Å². The molecule has 0 spiro atoms. The Morgan fingerprint density at radius 3 is 2.50 bits per heavy atom. The van der Waals surface area contributed by atoms with E-state index in [-0.39, 0.29) is 12.4 Å². The zero-order valence-electron chi connectivity index (χ0n) is 8.07. The first kappa shape index (κ1) is 11.1. The molecule has 0 amide bonds. The van der Waals surface area contributed by atoms with Crippen LogP contribution in [0.1, 0.15) is 0 Å². The fourth-order valence-electron chi connectivity index (χ4n) is 1.40. The number of rotatable bonds is 1. The molecule has 6 heteroatoms. The number of hydrogen-bond donors (Lipinski definition) is 1. The van der Waals surface area contributed by atoms with E-state index < -0.39 is 18.4 Å². The van der Waals surface area contributed by atoms with Crippen LogP contribution in [-0.4, -0.2) is 30.1 Å². The maximum absolute atomic E-state index is 12.2. The number of para-hydroxylation sites is 2. The maximum Gasteiger partial charge on any atom is 0.418 e. The Morgan fingerprint density at radius 2 is 1.88 bits per heavy atom. The van der Waals surface area contributed by atoms with Gasteiger partial charge in [0.15, 0.2) is 23.7 Å². The van der Waals surface area contributed by atoms with Crippen LogP contribution in [0.5, 0.6) is 11.5 Å². The van der Waals surface area contributed by atoms with Gasteiger partial charge in [0.1, 0.15) is 6.61 Å². The van der Waals surface area contributed by atoms with E-state index in [0.717, 1.165) is 0 Å². The van der Waals surface area contributed by atoms with Gasteiger partial charge in [0.2, 0.25) is 0 Å². The monoisotopic (exact) mass is 234 g/mol. The topological polar surface area (TPSA) is 38.7 Å². The van der Waals surface area contributed by atoms with Gasteiger partial charge < -0.3 is 14.6 Å². The third kappa shape index (κ3) is 2.06. The van der Waals surface area contributed by atoms with E-state index in [0.29, 0.717) is 5.75 Å². The molecule has 0 radical (unpaired) electrons. The van der Waals surface area contributed by atoms with Crippen molar-refractivity contribution in [3.63, 3.8) is 0 Å². The predicted molar refractivity (Wildman–Crippen MR) is 48.4 cm³/mol. The molecule has 0 saturated heterocycles. The second-order valence-corrected chi connectivity index (χ2v) is 3.40. The van der Waals surface area contributed by atoms with Crippen LogP contribution in [0.4, 0.5) is 13.2 Å². The van der Waals surface area contributed by atoms with E-state index in [1.54, 1.807) is 18.2 Å². The lowest BCUT2D eigenvalue weighted by Gasteiger charge is -2.30. The number of aliphatic hydroxyl groups excluding tert-OH is 1. The van der Waals surface area contributed by atoms with Crippen molar-refractivity contribution in [1.82, 2.24) is 0 Å². The van der Waals surface area contributed by atoms with Gasteiger partial charge in [0.05, 0.1) is 0 Å². The van der Waals surface area contributed by atoms with Crippen LogP contribution in [0.15, 0.2) is 24.3 Å². The first-order valence-corrected chi connectivity index (χ1v) is 4.62. The summed E-state index contributed by atoms with van der Waals surface area (Å²) in [5.74, 6) is 0.593. The molecule has 0 bridgehead atoms. The highest BCUT2D eigenvalue weighted by molar-refractivity contribution is 5.40. The Labute approximate surface area is 89.4 Å². The molecular formula is C10H9F3O3. The van der Waals surface area contributed by atoms with Gasteiger partial charge in [-0.15, -0.1) is 0 Å². The Kier molecular flexibility index (Phi) is 2.67. The smallest absolute Gasteiger partial charge is 0.418 e. The molecule has 1 aromatic rings. The van der Waals surface area contributed by atoms with Gasteiger partial charge in [-0.3, -0.25) is 0 Å². The number of hydrogen-bond acceptors (Lipinski definition) is 3. The molecule has 0 fully saturated rings. The standard InChI is InChI=1S/C10H9F3O3/c11-10(12,13)9(14)8-5-15-6-3-1-2-4-7(6)16-8/h1-4,8-9,14H,5H2/t8?,9-/m0/s1. The average molecular weight is 234 g/mol. The summed E-state index contributed by atoms with van der Waals surface area (Å²) in [5, 5.41) is 9.01. The lowest BCUT2D eigenvalue weighted by molar-refractivity contribution is -0.231. The fraction of sp³-hybridized carbons (Fsp3) is 0.400. The third-order valence-electron chi connectivity index (χ3n) is 2.22. The summed E-state index contributed by atoms with van der Waals surface area (Å²) < 4.78 is 46.8. The molecule has 1 N–H and O–H groups in total. The molecule has 3 nitrogen and oxygen atoms in total. The summed E-state index contributed by atoms with van der Waals surface area (Å²) in [6, 6.07) is 6.38. The quantitative estimate of drug-likeness (QED) is 0.804. The summed E-state index contributed by atoms with van der Waals surface area (Å²) >= 11 is 0. The zero-order valence-corrected chi connectivity index (χ0v) is 8.07. The molecule has 16 heavy (non-hydrogen) atoms. The van der Waals surface area contributed by atoms with Crippen molar-refractivity contribution < 1.29 is 27.8 Å². The largest absolute Gasteiger partial charge is 0.486 e. The van der Waals surface area contributed by atoms with E-state index in [1.807, 2.05) is 0 Å². The van der Waals surface area contributed by atoms with Gasteiger partial charge >= 0.3 is 6.18 Å². The van der Waals surface area contributed by atoms with Gasteiger partial charge in [-0.05, 0) is 12.1 Å². The minimum atomic E-state index is -4.71. The van der Waals surface area contributed by atoms with Gasteiger partial charge in [-0.1, -0.05) is 12.1 Å². The number of benzene rings is 1. The van der Waals surface area contributed by atoms with Gasteiger partial charge in [-0.25, -0.2) is 0 Å². The van der Waals surface area contributed by atoms with Crippen LogP contribution < -0.4 is 9.47 Å². The van der Waals surface area contributed by atoms with E-state index in [9.17, 15) is 13.2 Å². The van der Waals surface area contributed by atoms with Crippen LogP contribution in [-0.2, 0) is 0 Å². The third-order valence-corrected chi connectivity index (χ3v) is 2.22. The predicted octanol–water partition coefficient (Wildman–Crippen LogP) is 1.75. The van der Waals surface area contributed by atoms with Crippen molar-refractivity contribution in [3.05, 3.63) is 24.3 Å². The summed E-state index contributed by atoms with van der Waals surface area (Å²) in [5.41, 5.74) is 0. The highest BCUT2D eigenvalue weighted by Crippen LogP contribution is 2.34. The Bertz CT molecular complexity index is 378. The maximum atomic E-state index is 12.2. The van der Waals surface area contributed by atoms with Gasteiger partial charge in [0, 0.05) is 0 Å². The molecule has 0 aromatic heterocycles. The fourth-order valence-corrected chi connectivity index (χ4v) is 1.40. The first-order chi connectivity index (χ1) is 7.48. The van der Waals surface area contributed by atoms with Gasteiger partial charge in [0.25, 0.3) is 0 Å². The van der Waals surface area contributed by atoms with E-state index in [2.05, 4.69) is 0 Å². The second kappa shape index (κ2) is 3.86. The van der Waals surface area contributed by atoms with E-state index >= 15 is 0 Å². The minimum Gasteiger partial charge on any atom is -0.486 e. The number of alkyl halides is 3. The van der Waals surface area contributed by atoms with Crippen molar-refractivity contribution in [1.29, 1.82) is 0 Å². The summed E-state index contributed by atoms with van der Waals surface area (Å²) in [6.07, 6.45) is -8.67. The number of ether oxygens (including phenoxy) is 2. The highest BCUT2D eigenvalue weighted by atomic mass is 19.4. The number of halogens is 3. The lowest BCUT2D eigenvalue weighted by atomic mass is 10.2. The van der Waals surface area contributed by atoms with Crippen LogP contribution >= 0.6 is 0 Å². The normalized spacial score (nSPS) is 21.6. The van der Waals surface area contributed by atoms with E-state index in [1.165, 1.54) is 6.07 Å². The molecule has 2 atom stereocenters.